The molecule has 6 nitrogen and oxygen atoms in total. The van der Waals surface area contributed by atoms with E-state index in [9.17, 15) is 9.59 Å². The Balaban J connectivity index is 1.92. The van der Waals surface area contributed by atoms with Crippen molar-refractivity contribution in [3.8, 4) is 11.3 Å². The second kappa shape index (κ2) is 6.37. The number of nitrogens with one attached hydrogen (secondary N) is 1. The van der Waals surface area contributed by atoms with Crippen LogP contribution in [0.15, 0.2) is 36.4 Å². The number of hydrogen-bond donors (Lipinski definition) is 1. The highest BCUT2D eigenvalue weighted by Gasteiger charge is 2.19. The number of ketones is 1. The summed E-state index contributed by atoms with van der Waals surface area (Å²) in [6, 6.07) is 11.1. The molecule has 2 heterocycles. The number of benzene rings is 1. The van der Waals surface area contributed by atoms with Gasteiger partial charge in [-0.05, 0) is 13.0 Å². The van der Waals surface area contributed by atoms with Crippen LogP contribution in [-0.4, -0.2) is 26.5 Å². The largest absolute Gasteiger partial charge is 0.296 e. The average Bonchev–Trinajstić information content (AvgIpc) is 3.12. The Morgan fingerprint density at radius 3 is 2.50 bits per heavy atom. The van der Waals surface area contributed by atoms with Gasteiger partial charge in [0.2, 0.25) is 0 Å². The van der Waals surface area contributed by atoms with Crippen LogP contribution in [-0.2, 0) is 7.05 Å². The number of carbonyl (C=O) groups is 2. The van der Waals surface area contributed by atoms with Crippen molar-refractivity contribution in [3.63, 3.8) is 0 Å². The van der Waals surface area contributed by atoms with E-state index in [4.69, 9.17) is 0 Å². The van der Waals surface area contributed by atoms with E-state index in [-0.39, 0.29) is 11.7 Å². The Morgan fingerprint density at radius 1 is 1.21 bits per heavy atom. The van der Waals surface area contributed by atoms with E-state index in [1.165, 1.54) is 18.3 Å². The highest BCUT2D eigenvalue weighted by atomic mass is 32.1. The van der Waals surface area contributed by atoms with Gasteiger partial charge in [-0.2, -0.15) is 5.10 Å². The maximum Gasteiger partial charge on any atom is 0.277 e. The van der Waals surface area contributed by atoms with Gasteiger partial charge in [-0.25, -0.2) is 4.98 Å². The Hall–Kier alpha value is -2.80. The number of aryl methyl sites for hydroxylation is 2. The minimum Gasteiger partial charge on any atom is -0.296 e. The molecule has 3 aromatic rings. The maximum atomic E-state index is 12.3. The number of aromatic nitrogens is 3. The first-order valence-electron chi connectivity index (χ1n) is 7.35. The molecule has 0 saturated carbocycles. The first-order chi connectivity index (χ1) is 11.5. The zero-order valence-electron chi connectivity index (χ0n) is 13.5. The highest BCUT2D eigenvalue weighted by molar-refractivity contribution is 7.18. The lowest BCUT2D eigenvalue weighted by atomic mass is 10.1. The summed E-state index contributed by atoms with van der Waals surface area (Å²) in [4.78, 5) is 29.1. The number of Topliss-reactive ketones (excluding diaryl/α,β-unsaturated/α-hetero) is 1. The van der Waals surface area contributed by atoms with Crippen LogP contribution in [0.4, 0.5) is 5.13 Å². The molecule has 3 rings (SSSR count). The van der Waals surface area contributed by atoms with E-state index in [2.05, 4.69) is 15.4 Å². The SMILES string of the molecule is CC(=O)c1sc(NC(=O)c2cc(C)n(C)n2)nc1-c1ccccc1. The molecule has 0 atom stereocenters. The normalized spacial score (nSPS) is 10.6. The third-order valence-corrected chi connectivity index (χ3v) is 4.63. The minimum absolute atomic E-state index is 0.0828. The van der Waals surface area contributed by atoms with Gasteiger partial charge in [0.1, 0.15) is 0 Å². The number of hydrogen-bond acceptors (Lipinski definition) is 5. The standard InChI is InChI=1S/C17H16N4O2S/c1-10-9-13(20-21(10)3)16(23)19-17-18-14(15(24-17)11(2)22)12-7-5-4-6-8-12/h4-9H,1-3H3,(H,18,19,23). The third-order valence-electron chi connectivity index (χ3n) is 3.56. The molecule has 0 saturated heterocycles. The van der Waals surface area contributed by atoms with Crippen molar-refractivity contribution in [1.82, 2.24) is 14.8 Å². The lowest BCUT2D eigenvalue weighted by Crippen LogP contribution is -2.12. The lowest BCUT2D eigenvalue weighted by molar-refractivity contribution is 0.101. The quantitative estimate of drug-likeness (QED) is 0.739. The van der Waals surface area contributed by atoms with Crippen LogP contribution < -0.4 is 5.32 Å². The second-order valence-corrected chi connectivity index (χ2v) is 6.37. The van der Waals surface area contributed by atoms with Gasteiger partial charge in [0.25, 0.3) is 5.91 Å². The molecule has 1 N–H and O–H groups in total. The van der Waals surface area contributed by atoms with Crippen molar-refractivity contribution in [2.45, 2.75) is 13.8 Å². The summed E-state index contributed by atoms with van der Waals surface area (Å²) in [5.41, 5.74) is 2.62. The van der Waals surface area contributed by atoms with Crippen molar-refractivity contribution in [2.75, 3.05) is 5.32 Å². The summed E-state index contributed by atoms with van der Waals surface area (Å²) < 4.78 is 1.63. The Bertz CT molecular complexity index is 893. The minimum atomic E-state index is -0.345. The fourth-order valence-electron chi connectivity index (χ4n) is 2.24. The van der Waals surface area contributed by atoms with E-state index in [0.29, 0.717) is 21.4 Å². The Labute approximate surface area is 143 Å². The van der Waals surface area contributed by atoms with E-state index in [1.54, 1.807) is 17.8 Å². The predicted octanol–water partition coefficient (Wildman–Crippen LogP) is 3.31. The molecule has 24 heavy (non-hydrogen) atoms. The molecule has 7 heteroatoms. The van der Waals surface area contributed by atoms with Crippen LogP contribution in [0.5, 0.6) is 0 Å². The van der Waals surface area contributed by atoms with Crippen molar-refractivity contribution in [2.24, 2.45) is 7.05 Å². The van der Waals surface area contributed by atoms with Gasteiger partial charge in [0.15, 0.2) is 16.6 Å². The highest BCUT2D eigenvalue weighted by Crippen LogP contribution is 2.31. The average molecular weight is 340 g/mol. The van der Waals surface area contributed by atoms with Crippen molar-refractivity contribution >= 4 is 28.2 Å². The summed E-state index contributed by atoms with van der Waals surface area (Å²) in [5.74, 6) is -0.428. The van der Waals surface area contributed by atoms with Gasteiger partial charge in [-0.3, -0.25) is 19.6 Å². The van der Waals surface area contributed by atoms with Gasteiger partial charge in [-0.15, -0.1) is 0 Å². The van der Waals surface area contributed by atoms with Gasteiger partial charge >= 0.3 is 0 Å². The Kier molecular flexibility index (Phi) is 4.26. The topological polar surface area (TPSA) is 76.9 Å². The maximum absolute atomic E-state index is 12.3. The van der Waals surface area contributed by atoms with E-state index >= 15 is 0 Å². The van der Waals surface area contributed by atoms with Crippen LogP contribution in [0, 0.1) is 6.92 Å². The van der Waals surface area contributed by atoms with Crippen molar-refractivity contribution in [1.29, 1.82) is 0 Å². The third kappa shape index (κ3) is 3.11. The lowest BCUT2D eigenvalue weighted by Gasteiger charge is -1.98. The number of amides is 1. The molecule has 0 fully saturated rings. The number of rotatable bonds is 4. The van der Waals surface area contributed by atoms with Crippen LogP contribution in [0.1, 0.15) is 32.8 Å². The monoisotopic (exact) mass is 340 g/mol. The van der Waals surface area contributed by atoms with Gasteiger partial charge < -0.3 is 0 Å². The number of carbonyl (C=O) groups excluding carboxylic acids is 2. The molecule has 122 valence electrons. The molecule has 0 spiro atoms. The summed E-state index contributed by atoms with van der Waals surface area (Å²) in [6.45, 7) is 3.36. The zero-order chi connectivity index (χ0) is 17.3. The number of anilines is 1. The second-order valence-electron chi connectivity index (χ2n) is 5.37. The first kappa shape index (κ1) is 16.1. The molecule has 1 aromatic carbocycles. The molecule has 0 aliphatic carbocycles. The van der Waals surface area contributed by atoms with Gasteiger partial charge in [0.05, 0.1) is 10.6 Å². The number of nitrogens with zero attached hydrogens (tertiary/aromatic N) is 3. The van der Waals surface area contributed by atoms with Crippen LogP contribution in [0.3, 0.4) is 0 Å². The first-order valence-corrected chi connectivity index (χ1v) is 8.16. The molecule has 1 amide bonds. The molecule has 2 aromatic heterocycles. The predicted molar refractivity (Wildman–Crippen MR) is 93.5 cm³/mol. The molecule has 0 aliphatic heterocycles. The van der Waals surface area contributed by atoms with E-state index < -0.39 is 0 Å². The van der Waals surface area contributed by atoms with Gasteiger partial charge in [0, 0.05) is 25.2 Å². The fourth-order valence-corrected chi connectivity index (χ4v) is 3.11. The van der Waals surface area contributed by atoms with E-state index in [0.717, 1.165) is 11.3 Å². The molecule has 0 bridgehead atoms. The number of thiazole rings is 1. The van der Waals surface area contributed by atoms with Gasteiger partial charge in [-0.1, -0.05) is 41.7 Å². The molecule has 0 radical (unpaired) electrons. The summed E-state index contributed by atoms with van der Waals surface area (Å²) in [7, 11) is 1.77. The molecular weight excluding hydrogens is 324 g/mol. The van der Waals surface area contributed by atoms with Crippen LogP contribution >= 0.6 is 11.3 Å². The van der Waals surface area contributed by atoms with Crippen LogP contribution in [0.25, 0.3) is 11.3 Å². The fraction of sp³-hybridized carbons (Fsp3) is 0.176. The summed E-state index contributed by atoms with van der Waals surface area (Å²) >= 11 is 1.17. The summed E-state index contributed by atoms with van der Waals surface area (Å²) in [6.07, 6.45) is 0. The molecule has 0 aliphatic rings. The smallest absolute Gasteiger partial charge is 0.277 e. The zero-order valence-corrected chi connectivity index (χ0v) is 14.3. The van der Waals surface area contributed by atoms with E-state index in [1.807, 2.05) is 37.3 Å². The Morgan fingerprint density at radius 2 is 1.92 bits per heavy atom. The summed E-state index contributed by atoms with van der Waals surface area (Å²) in [5, 5.41) is 7.25. The van der Waals surface area contributed by atoms with Crippen molar-refractivity contribution < 1.29 is 9.59 Å². The van der Waals surface area contributed by atoms with Crippen LogP contribution in [0.2, 0.25) is 0 Å². The molecular formula is C17H16N4O2S. The molecule has 0 unspecified atom stereocenters. The van der Waals surface area contributed by atoms with Crippen molar-refractivity contribution in [3.05, 3.63) is 52.7 Å².